The molecule has 1 amide bonds. The summed E-state index contributed by atoms with van der Waals surface area (Å²) in [7, 11) is 1.95. The molecule has 0 bridgehead atoms. The van der Waals surface area contributed by atoms with E-state index in [4.69, 9.17) is 5.73 Å². The Bertz CT molecular complexity index is 271. The lowest BCUT2D eigenvalue weighted by Crippen LogP contribution is -2.36. The predicted octanol–water partition coefficient (Wildman–Crippen LogP) is 0.310. The Morgan fingerprint density at radius 3 is 2.69 bits per heavy atom. The van der Waals surface area contributed by atoms with Crippen LogP contribution in [0, 0.1) is 0 Å². The van der Waals surface area contributed by atoms with Crippen molar-refractivity contribution in [3.05, 3.63) is 0 Å². The van der Waals surface area contributed by atoms with Gasteiger partial charge in [-0.2, -0.15) is 0 Å². The van der Waals surface area contributed by atoms with E-state index in [1.807, 2.05) is 25.8 Å². The molecule has 92 valence electrons. The van der Waals surface area contributed by atoms with Crippen LogP contribution in [0.5, 0.6) is 0 Å². The lowest BCUT2D eigenvalue weighted by molar-refractivity contribution is -0.121. The Morgan fingerprint density at radius 2 is 2.19 bits per heavy atom. The van der Waals surface area contributed by atoms with Crippen LogP contribution in [-0.2, 0) is 4.79 Å². The zero-order valence-electron chi connectivity index (χ0n) is 10.4. The molecule has 5 heteroatoms. The summed E-state index contributed by atoms with van der Waals surface area (Å²) in [6.07, 6.45) is 2.79. The van der Waals surface area contributed by atoms with E-state index in [0.29, 0.717) is 25.0 Å². The number of rotatable bonds is 5. The minimum Gasteiger partial charge on any atom is -0.370 e. The van der Waals surface area contributed by atoms with Crippen molar-refractivity contribution in [3.63, 3.8) is 0 Å². The molecule has 1 rings (SSSR count). The molecule has 0 saturated heterocycles. The molecule has 0 atom stereocenters. The summed E-state index contributed by atoms with van der Waals surface area (Å²) in [5, 5.41) is 2.82. The van der Waals surface area contributed by atoms with Gasteiger partial charge in [0.15, 0.2) is 5.96 Å². The monoisotopic (exact) mass is 226 g/mol. The number of nitrogens with one attached hydrogen (secondary N) is 1. The first kappa shape index (κ1) is 12.8. The number of carbonyl (C=O) groups is 1. The molecule has 3 N–H and O–H groups in total. The van der Waals surface area contributed by atoms with E-state index in [1.165, 1.54) is 12.8 Å². The Balaban J connectivity index is 2.21. The Hall–Kier alpha value is -1.26. The molecule has 1 saturated carbocycles. The lowest BCUT2D eigenvalue weighted by Gasteiger charge is -2.16. The van der Waals surface area contributed by atoms with Crippen molar-refractivity contribution in [2.75, 3.05) is 13.6 Å². The van der Waals surface area contributed by atoms with Gasteiger partial charge in [-0.05, 0) is 26.7 Å². The normalized spacial score (nSPS) is 16.4. The molecule has 0 radical (unpaired) electrons. The molecule has 0 aromatic rings. The average Bonchev–Trinajstić information content (AvgIpc) is 2.98. The van der Waals surface area contributed by atoms with Gasteiger partial charge in [-0.1, -0.05) is 0 Å². The maximum atomic E-state index is 11.3. The lowest BCUT2D eigenvalue weighted by atomic mass is 10.3. The number of nitrogens with zero attached hydrogens (tertiary/aromatic N) is 2. The van der Waals surface area contributed by atoms with Gasteiger partial charge in [0.2, 0.25) is 5.91 Å². The van der Waals surface area contributed by atoms with Crippen LogP contribution in [0.4, 0.5) is 0 Å². The predicted molar refractivity (Wildman–Crippen MR) is 65.2 cm³/mol. The van der Waals surface area contributed by atoms with Gasteiger partial charge in [0.25, 0.3) is 0 Å². The number of hydrogen-bond donors (Lipinski definition) is 2. The van der Waals surface area contributed by atoms with Crippen LogP contribution < -0.4 is 11.1 Å². The number of nitrogens with two attached hydrogens (primary N) is 1. The molecule has 0 aromatic heterocycles. The summed E-state index contributed by atoms with van der Waals surface area (Å²) in [5.74, 6) is 0.570. The van der Waals surface area contributed by atoms with Crippen molar-refractivity contribution in [2.24, 2.45) is 10.7 Å². The SMILES string of the molecule is CC(C)NC(=O)CCN=C(N)N(C)C1CC1. The third-order valence-electron chi connectivity index (χ3n) is 2.52. The van der Waals surface area contributed by atoms with E-state index in [1.54, 1.807) is 0 Å². The Labute approximate surface area is 97.1 Å². The van der Waals surface area contributed by atoms with Crippen LogP contribution in [0.2, 0.25) is 0 Å². The molecule has 1 aliphatic carbocycles. The molecule has 1 fully saturated rings. The van der Waals surface area contributed by atoms with Gasteiger partial charge in [0.1, 0.15) is 0 Å². The topological polar surface area (TPSA) is 70.7 Å². The molecule has 0 aromatic carbocycles. The second kappa shape index (κ2) is 5.72. The maximum Gasteiger partial charge on any atom is 0.222 e. The van der Waals surface area contributed by atoms with Gasteiger partial charge in [-0.3, -0.25) is 9.79 Å². The highest BCUT2D eigenvalue weighted by Gasteiger charge is 2.27. The zero-order valence-corrected chi connectivity index (χ0v) is 10.4. The van der Waals surface area contributed by atoms with Crippen LogP contribution >= 0.6 is 0 Å². The maximum absolute atomic E-state index is 11.3. The van der Waals surface area contributed by atoms with Gasteiger partial charge >= 0.3 is 0 Å². The van der Waals surface area contributed by atoms with Crippen LogP contribution in [-0.4, -0.2) is 42.4 Å². The summed E-state index contributed by atoms with van der Waals surface area (Å²) >= 11 is 0. The van der Waals surface area contributed by atoms with Crippen molar-refractivity contribution >= 4 is 11.9 Å². The van der Waals surface area contributed by atoms with Gasteiger partial charge in [-0.15, -0.1) is 0 Å². The first-order valence-corrected chi connectivity index (χ1v) is 5.83. The fourth-order valence-corrected chi connectivity index (χ4v) is 1.43. The quantitative estimate of drug-likeness (QED) is 0.523. The molecular weight excluding hydrogens is 204 g/mol. The Morgan fingerprint density at radius 1 is 1.56 bits per heavy atom. The van der Waals surface area contributed by atoms with Crippen molar-refractivity contribution in [3.8, 4) is 0 Å². The van der Waals surface area contributed by atoms with Crippen LogP contribution in [0.3, 0.4) is 0 Å². The average molecular weight is 226 g/mol. The molecule has 0 heterocycles. The highest BCUT2D eigenvalue weighted by Crippen LogP contribution is 2.24. The van der Waals surface area contributed by atoms with Gasteiger partial charge in [0.05, 0.1) is 6.54 Å². The molecule has 1 aliphatic rings. The highest BCUT2D eigenvalue weighted by molar-refractivity contribution is 5.79. The van der Waals surface area contributed by atoms with E-state index in [9.17, 15) is 4.79 Å². The summed E-state index contributed by atoms with van der Waals surface area (Å²) < 4.78 is 0. The highest BCUT2D eigenvalue weighted by atomic mass is 16.1. The molecule has 0 spiro atoms. The molecule has 0 aliphatic heterocycles. The summed E-state index contributed by atoms with van der Waals surface area (Å²) in [6.45, 7) is 4.34. The van der Waals surface area contributed by atoms with Crippen LogP contribution in [0.1, 0.15) is 33.1 Å². The van der Waals surface area contributed by atoms with Crippen molar-refractivity contribution in [2.45, 2.75) is 45.2 Å². The minimum atomic E-state index is 0.0284. The minimum absolute atomic E-state index is 0.0284. The van der Waals surface area contributed by atoms with Crippen molar-refractivity contribution in [1.82, 2.24) is 10.2 Å². The van der Waals surface area contributed by atoms with Gasteiger partial charge in [0, 0.05) is 25.6 Å². The number of aliphatic imine (C=N–C) groups is 1. The van der Waals surface area contributed by atoms with E-state index in [-0.39, 0.29) is 11.9 Å². The van der Waals surface area contributed by atoms with Gasteiger partial charge < -0.3 is 16.0 Å². The summed E-state index contributed by atoms with van der Waals surface area (Å²) in [6, 6.07) is 0.746. The smallest absolute Gasteiger partial charge is 0.222 e. The van der Waals surface area contributed by atoms with Gasteiger partial charge in [-0.25, -0.2) is 0 Å². The first-order chi connectivity index (χ1) is 7.50. The van der Waals surface area contributed by atoms with Crippen molar-refractivity contribution in [1.29, 1.82) is 0 Å². The number of guanidine groups is 1. The standard InChI is InChI=1S/C11H22N4O/c1-8(2)14-10(16)6-7-13-11(12)15(3)9-4-5-9/h8-9H,4-7H2,1-3H3,(H2,12,13)(H,14,16). The third kappa shape index (κ3) is 4.51. The number of hydrogen-bond acceptors (Lipinski definition) is 2. The van der Waals surface area contributed by atoms with Crippen LogP contribution in [0.15, 0.2) is 4.99 Å². The number of carbonyl (C=O) groups excluding carboxylic acids is 1. The third-order valence-corrected chi connectivity index (χ3v) is 2.52. The Kier molecular flexibility index (Phi) is 4.58. The molecule has 5 nitrogen and oxygen atoms in total. The molecule has 16 heavy (non-hydrogen) atoms. The second-order valence-corrected chi connectivity index (χ2v) is 4.55. The fourth-order valence-electron chi connectivity index (χ4n) is 1.43. The summed E-state index contributed by atoms with van der Waals surface area (Å²) in [5.41, 5.74) is 5.79. The van der Waals surface area contributed by atoms with E-state index in [2.05, 4.69) is 10.3 Å². The molecular formula is C11H22N4O. The first-order valence-electron chi connectivity index (χ1n) is 5.83. The van der Waals surface area contributed by atoms with Crippen LogP contribution in [0.25, 0.3) is 0 Å². The van der Waals surface area contributed by atoms with Crippen molar-refractivity contribution < 1.29 is 4.79 Å². The summed E-state index contributed by atoms with van der Waals surface area (Å²) in [4.78, 5) is 17.5. The second-order valence-electron chi connectivity index (χ2n) is 4.55. The number of amides is 1. The molecule has 0 unspecified atom stereocenters. The fraction of sp³-hybridized carbons (Fsp3) is 0.818. The van der Waals surface area contributed by atoms with E-state index < -0.39 is 0 Å². The zero-order chi connectivity index (χ0) is 12.1. The largest absolute Gasteiger partial charge is 0.370 e. The van der Waals surface area contributed by atoms with E-state index in [0.717, 1.165) is 0 Å². The van der Waals surface area contributed by atoms with E-state index >= 15 is 0 Å².